The molecule has 1 aromatic carbocycles. The molecule has 1 aliphatic rings. The summed E-state index contributed by atoms with van der Waals surface area (Å²) in [6, 6.07) is 8.64. The predicted octanol–water partition coefficient (Wildman–Crippen LogP) is 3.00. The number of aryl methyl sites for hydroxylation is 1. The van der Waals surface area contributed by atoms with Crippen LogP contribution in [0.25, 0.3) is 0 Å². The van der Waals surface area contributed by atoms with Gasteiger partial charge in [0.05, 0.1) is 12.1 Å². The Kier molecular flexibility index (Phi) is 3.81. The van der Waals surface area contributed by atoms with Gasteiger partial charge in [-0.25, -0.2) is 4.98 Å². The molecule has 0 bridgehead atoms. The highest BCUT2D eigenvalue weighted by molar-refractivity contribution is 5.23. The smallest absolute Gasteiger partial charge is 0.137 e. The lowest BCUT2D eigenvalue weighted by Gasteiger charge is -2.40. The summed E-state index contributed by atoms with van der Waals surface area (Å²) in [7, 11) is 0. The van der Waals surface area contributed by atoms with Crippen LogP contribution in [-0.4, -0.2) is 25.5 Å². The van der Waals surface area contributed by atoms with Crippen LogP contribution in [0.2, 0.25) is 0 Å². The van der Waals surface area contributed by atoms with Gasteiger partial charge < -0.3 is 5.11 Å². The molecule has 1 N–H and O–H groups in total. The van der Waals surface area contributed by atoms with Crippen LogP contribution in [0.4, 0.5) is 0 Å². The van der Waals surface area contributed by atoms with Gasteiger partial charge in [-0.1, -0.05) is 43.7 Å². The van der Waals surface area contributed by atoms with E-state index in [1.807, 2.05) is 0 Å². The van der Waals surface area contributed by atoms with Gasteiger partial charge in [0, 0.05) is 0 Å². The number of hydrogen-bond acceptors (Lipinski definition) is 3. The molecule has 118 valence electrons. The van der Waals surface area contributed by atoms with E-state index in [0.29, 0.717) is 6.54 Å². The lowest BCUT2D eigenvalue weighted by Crippen LogP contribution is -2.49. The molecule has 4 heteroatoms. The Hall–Kier alpha value is -1.68. The van der Waals surface area contributed by atoms with Gasteiger partial charge in [-0.05, 0) is 43.1 Å². The number of benzene rings is 1. The normalized spacial score (nSPS) is 27.2. The molecule has 1 heterocycles. The number of hydrogen-bond donors (Lipinski definition) is 1. The first-order chi connectivity index (χ1) is 10.4. The SMILES string of the molecule is Cc1ccc(CC2CCC(C)(C)[C@@]2(O)Cn2cncn2)cc1. The number of rotatable bonds is 4. The maximum atomic E-state index is 11.5. The summed E-state index contributed by atoms with van der Waals surface area (Å²) >= 11 is 0. The minimum atomic E-state index is -0.758. The standard InChI is InChI=1S/C18H25N3O/c1-14-4-6-15(7-5-14)10-16-8-9-17(2,3)18(16,22)11-21-13-19-12-20-21/h4-7,12-13,16,22H,8-11H2,1-3H3/t16?,18-/m1/s1. The molecule has 3 rings (SSSR count). The van der Waals surface area contributed by atoms with Crippen molar-refractivity contribution >= 4 is 0 Å². The van der Waals surface area contributed by atoms with E-state index in [4.69, 9.17) is 0 Å². The average Bonchev–Trinajstić information content (AvgIpc) is 3.04. The van der Waals surface area contributed by atoms with Gasteiger partial charge in [-0.2, -0.15) is 5.10 Å². The summed E-state index contributed by atoms with van der Waals surface area (Å²) in [6.07, 6.45) is 6.21. The maximum Gasteiger partial charge on any atom is 0.137 e. The van der Waals surface area contributed by atoms with E-state index in [1.54, 1.807) is 11.0 Å². The second-order valence-electron chi connectivity index (χ2n) is 7.33. The molecule has 0 aliphatic heterocycles. The van der Waals surface area contributed by atoms with Crippen molar-refractivity contribution in [2.24, 2.45) is 11.3 Å². The Labute approximate surface area is 132 Å². The average molecular weight is 299 g/mol. The van der Waals surface area contributed by atoms with E-state index in [2.05, 4.69) is 55.1 Å². The van der Waals surface area contributed by atoms with Crippen molar-refractivity contribution in [3.63, 3.8) is 0 Å². The molecule has 4 nitrogen and oxygen atoms in total. The summed E-state index contributed by atoms with van der Waals surface area (Å²) in [5, 5.41) is 15.7. The Balaban J connectivity index is 1.84. The van der Waals surface area contributed by atoms with Crippen LogP contribution in [0.5, 0.6) is 0 Å². The summed E-state index contributed by atoms with van der Waals surface area (Å²) < 4.78 is 1.76. The van der Waals surface area contributed by atoms with Crippen molar-refractivity contribution in [1.29, 1.82) is 0 Å². The van der Waals surface area contributed by atoms with Gasteiger partial charge in [0.2, 0.25) is 0 Å². The Morgan fingerprint density at radius 2 is 2.00 bits per heavy atom. The highest BCUT2D eigenvalue weighted by Gasteiger charge is 2.54. The van der Waals surface area contributed by atoms with Gasteiger partial charge >= 0.3 is 0 Å². The third-order valence-corrected chi connectivity index (χ3v) is 5.44. The third-order valence-electron chi connectivity index (χ3n) is 5.44. The zero-order chi connectivity index (χ0) is 15.8. The zero-order valence-corrected chi connectivity index (χ0v) is 13.7. The quantitative estimate of drug-likeness (QED) is 0.944. The Morgan fingerprint density at radius 1 is 1.27 bits per heavy atom. The molecule has 0 amide bonds. The molecule has 1 aromatic heterocycles. The predicted molar refractivity (Wildman–Crippen MR) is 86.4 cm³/mol. The van der Waals surface area contributed by atoms with Crippen LogP contribution in [0.1, 0.15) is 37.8 Å². The van der Waals surface area contributed by atoms with Crippen LogP contribution in [0.15, 0.2) is 36.9 Å². The number of nitrogens with zero attached hydrogens (tertiary/aromatic N) is 3. The summed E-state index contributed by atoms with van der Waals surface area (Å²) in [5.74, 6) is 0.245. The highest BCUT2D eigenvalue weighted by atomic mass is 16.3. The van der Waals surface area contributed by atoms with E-state index in [9.17, 15) is 5.11 Å². The lowest BCUT2D eigenvalue weighted by atomic mass is 9.72. The van der Waals surface area contributed by atoms with E-state index in [-0.39, 0.29) is 11.3 Å². The first kappa shape index (κ1) is 15.2. The molecule has 2 aromatic rings. The maximum absolute atomic E-state index is 11.5. The van der Waals surface area contributed by atoms with Gasteiger partial charge in [0.1, 0.15) is 12.7 Å². The second kappa shape index (κ2) is 5.51. The fraction of sp³-hybridized carbons (Fsp3) is 0.556. The molecule has 1 aliphatic carbocycles. The molecule has 0 saturated heterocycles. The summed E-state index contributed by atoms with van der Waals surface area (Å²) in [5.41, 5.74) is 1.69. The van der Waals surface area contributed by atoms with Crippen molar-refractivity contribution in [3.05, 3.63) is 48.0 Å². The Bertz CT molecular complexity index is 618. The van der Waals surface area contributed by atoms with Gasteiger partial charge in [-0.3, -0.25) is 4.68 Å². The highest BCUT2D eigenvalue weighted by Crippen LogP contribution is 2.51. The van der Waals surface area contributed by atoms with Gasteiger partial charge in [-0.15, -0.1) is 0 Å². The van der Waals surface area contributed by atoms with E-state index >= 15 is 0 Å². The fourth-order valence-corrected chi connectivity index (χ4v) is 3.73. The molecule has 1 unspecified atom stereocenters. The summed E-state index contributed by atoms with van der Waals surface area (Å²) in [6.45, 7) is 6.94. The van der Waals surface area contributed by atoms with Crippen LogP contribution < -0.4 is 0 Å². The van der Waals surface area contributed by atoms with Crippen molar-refractivity contribution in [3.8, 4) is 0 Å². The topological polar surface area (TPSA) is 50.9 Å². The van der Waals surface area contributed by atoms with E-state index in [0.717, 1.165) is 19.3 Å². The first-order valence-corrected chi connectivity index (χ1v) is 8.01. The van der Waals surface area contributed by atoms with Crippen LogP contribution in [0, 0.1) is 18.3 Å². The molecular weight excluding hydrogens is 274 g/mol. The third kappa shape index (κ3) is 2.68. The van der Waals surface area contributed by atoms with Gasteiger partial charge in [0.15, 0.2) is 0 Å². The summed E-state index contributed by atoms with van der Waals surface area (Å²) in [4.78, 5) is 4.00. The number of aliphatic hydroxyl groups is 1. The van der Waals surface area contributed by atoms with Crippen molar-refractivity contribution in [1.82, 2.24) is 14.8 Å². The molecule has 2 atom stereocenters. The lowest BCUT2D eigenvalue weighted by molar-refractivity contribution is -0.0907. The minimum Gasteiger partial charge on any atom is -0.387 e. The Morgan fingerprint density at radius 3 is 2.64 bits per heavy atom. The van der Waals surface area contributed by atoms with Crippen LogP contribution >= 0.6 is 0 Å². The molecule has 22 heavy (non-hydrogen) atoms. The van der Waals surface area contributed by atoms with Crippen LogP contribution in [0.3, 0.4) is 0 Å². The first-order valence-electron chi connectivity index (χ1n) is 8.01. The van der Waals surface area contributed by atoms with Crippen molar-refractivity contribution in [2.75, 3.05) is 0 Å². The van der Waals surface area contributed by atoms with E-state index in [1.165, 1.54) is 17.5 Å². The van der Waals surface area contributed by atoms with Gasteiger partial charge in [0.25, 0.3) is 0 Å². The fourth-order valence-electron chi connectivity index (χ4n) is 3.73. The minimum absolute atomic E-state index is 0.117. The van der Waals surface area contributed by atoms with E-state index < -0.39 is 5.60 Å². The molecular formula is C18H25N3O. The largest absolute Gasteiger partial charge is 0.387 e. The molecule has 0 radical (unpaired) electrons. The van der Waals surface area contributed by atoms with Crippen molar-refractivity contribution in [2.45, 2.75) is 52.2 Å². The van der Waals surface area contributed by atoms with Crippen molar-refractivity contribution < 1.29 is 5.11 Å². The second-order valence-corrected chi connectivity index (χ2v) is 7.33. The zero-order valence-electron chi connectivity index (χ0n) is 13.7. The van der Waals surface area contributed by atoms with Crippen LogP contribution in [-0.2, 0) is 13.0 Å². The number of aromatic nitrogens is 3. The molecule has 0 spiro atoms. The monoisotopic (exact) mass is 299 g/mol. The molecule has 1 fully saturated rings. The molecule has 1 saturated carbocycles.